The molecule has 0 spiro atoms. The van der Waals surface area contributed by atoms with Crippen molar-refractivity contribution >= 4 is 11.6 Å². The van der Waals surface area contributed by atoms with Crippen molar-refractivity contribution in [2.75, 3.05) is 14.2 Å². The highest BCUT2D eigenvalue weighted by Crippen LogP contribution is 2.29. The molecular weight excluding hydrogens is 274 g/mol. The Kier molecular flexibility index (Phi) is 4.88. The fourth-order valence-electron chi connectivity index (χ4n) is 2.15. The highest BCUT2D eigenvalue weighted by molar-refractivity contribution is 6.30. The van der Waals surface area contributed by atoms with Crippen molar-refractivity contribution in [1.29, 1.82) is 0 Å². The molecule has 2 rings (SSSR count). The van der Waals surface area contributed by atoms with Gasteiger partial charge in [0.2, 0.25) is 0 Å². The first kappa shape index (κ1) is 14.7. The van der Waals surface area contributed by atoms with Gasteiger partial charge in [-0.05, 0) is 36.2 Å². The number of nitrogens with two attached hydrogens (primary N) is 1. The molecule has 20 heavy (non-hydrogen) atoms. The Hall–Kier alpha value is -1.71. The molecule has 1 atom stereocenters. The molecular formula is C16H18ClNO2. The molecule has 0 saturated carbocycles. The molecule has 3 nitrogen and oxygen atoms in total. The molecule has 106 valence electrons. The number of ether oxygens (including phenoxy) is 2. The number of rotatable bonds is 5. The zero-order valence-corrected chi connectivity index (χ0v) is 12.4. The third-order valence-corrected chi connectivity index (χ3v) is 3.42. The molecule has 0 bridgehead atoms. The summed E-state index contributed by atoms with van der Waals surface area (Å²) >= 11 is 5.96. The molecule has 0 aliphatic rings. The first-order chi connectivity index (χ1) is 9.63. The third kappa shape index (κ3) is 3.44. The van der Waals surface area contributed by atoms with E-state index in [4.69, 9.17) is 26.8 Å². The van der Waals surface area contributed by atoms with Crippen LogP contribution in [-0.4, -0.2) is 14.2 Å². The lowest BCUT2D eigenvalue weighted by Crippen LogP contribution is -2.14. The number of halogens is 1. The monoisotopic (exact) mass is 291 g/mol. The van der Waals surface area contributed by atoms with Crippen LogP contribution in [0.2, 0.25) is 5.02 Å². The lowest BCUT2D eigenvalue weighted by molar-refractivity contribution is 0.405. The van der Waals surface area contributed by atoms with Crippen LogP contribution in [0.25, 0.3) is 0 Å². The molecule has 0 aromatic heterocycles. The standard InChI is InChI=1S/C16H18ClNO2/c1-19-13-5-3-4-11(8-13)9-15(18)14-7-6-12(17)10-16(14)20-2/h3-8,10,15H,9,18H2,1-2H3. The molecule has 4 heteroatoms. The average Bonchev–Trinajstić information content (AvgIpc) is 2.47. The average molecular weight is 292 g/mol. The molecule has 2 aromatic rings. The van der Waals surface area contributed by atoms with Crippen molar-refractivity contribution in [3.05, 3.63) is 58.6 Å². The van der Waals surface area contributed by atoms with E-state index in [1.807, 2.05) is 36.4 Å². The first-order valence-electron chi connectivity index (χ1n) is 6.36. The summed E-state index contributed by atoms with van der Waals surface area (Å²) in [5.74, 6) is 1.55. The predicted octanol–water partition coefficient (Wildman–Crippen LogP) is 3.60. The van der Waals surface area contributed by atoms with E-state index in [-0.39, 0.29) is 6.04 Å². The van der Waals surface area contributed by atoms with Gasteiger partial charge in [0, 0.05) is 16.6 Å². The van der Waals surface area contributed by atoms with Gasteiger partial charge in [-0.3, -0.25) is 0 Å². The maximum absolute atomic E-state index is 6.28. The van der Waals surface area contributed by atoms with Crippen LogP contribution >= 0.6 is 11.6 Å². The van der Waals surface area contributed by atoms with Gasteiger partial charge in [-0.15, -0.1) is 0 Å². The van der Waals surface area contributed by atoms with Gasteiger partial charge < -0.3 is 15.2 Å². The minimum atomic E-state index is -0.158. The molecule has 0 fully saturated rings. The van der Waals surface area contributed by atoms with Crippen LogP contribution < -0.4 is 15.2 Å². The molecule has 0 amide bonds. The smallest absolute Gasteiger partial charge is 0.125 e. The minimum absolute atomic E-state index is 0.158. The second-order valence-corrected chi connectivity index (χ2v) is 4.98. The van der Waals surface area contributed by atoms with Crippen molar-refractivity contribution in [1.82, 2.24) is 0 Å². The largest absolute Gasteiger partial charge is 0.497 e. The first-order valence-corrected chi connectivity index (χ1v) is 6.73. The van der Waals surface area contributed by atoms with E-state index in [1.54, 1.807) is 20.3 Å². The molecule has 0 aliphatic heterocycles. The Morgan fingerprint density at radius 3 is 2.60 bits per heavy atom. The molecule has 0 aliphatic carbocycles. The molecule has 1 unspecified atom stereocenters. The van der Waals surface area contributed by atoms with Crippen molar-refractivity contribution < 1.29 is 9.47 Å². The van der Waals surface area contributed by atoms with Crippen molar-refractivity contribution in [2.24, 2.45) is 5.73 Å². The van der Waals surface area contributed by atoms with E-state index in [1.165, 1.54) is 0 Å². The Morgan fingerprint density at radius 1 is 1.10 bits per heavy atom. The molecule has 0 saturated heterocycles. The highest BCUT2D eigenvalue weighted by Gasteiger charge is 2.13. The number of hydrogen-bond donors (Lipinski definition) is 1. The Labute approximate surface area is 124 Å². The Balaban J connectivity index is 2.21. The highest BCUT2D eigenvalue weighted by atomic mass is 35.5. The van der Waals surface area contributed by atoms with Gasteiger partial charge in [0.15, 0.2) is 0 Å². The zero-order chi connectivity index (χ0) is 14.5. The van der Waals surface area contributed by atoms with Crippen LogP contribution in [0, 0.1) is 0 Å². The maximum atomic E-state index is 6.28. The van der Waals surface area contributed by atoms with E-state index < -0.39 is 0 Å². The maximum Gasteiger partial charge on any atom is 0.125 e. The third-order valence-electron chi connectivity index (χ3n) is 3.18. The van der Waals surface area contributed by atoms with E-state index in [0.717, 1.165) is 16.9 Å². The Bertz CT molecular complexity index is 586. The number of hydrogen-bond acceptors (Lipinski definition) is 3. The number of benzene rings is 2. The van der Waals surface area contributed by atoms with Gasteiger partial charge in [-0.25, -0.2) is 0 Å². The lowest BCUT2D eigenvalue weighted by Gasteiger charge is -2.16. The van der Waals surface area contributed by atoms with E-state index in [2.05, 4.69) is 0 Å². The molecule has 2 aromatic carbocycles. The van der Waals surface area contributed by atoms with Gasteiger partial charge >= 0.3 is 0 Å². The molecule has 2 N–H and O–H groups in total. The Morgan fingerprint density at radius 2 is 1.90 bits per heavy atom. The van der Waals surface area contributed by atoms with E-state index >= 15 is 0 Å². The minimum Gasteiger partial charge on any atom is -0.497 e. The van der Waals surface area contributed by atoms with Gasteiger partial charge in [0.25, 0.3) is 0 Å². The summed E-state index contributed by atoms with van der Waals surface area (Å²) in [6.07, 6.45) is 0.704. The summed E-state index contributed by atoms with van der Waals surface area (Å²) in [5, 5.41) is 0.638. The van der Waals surface area contributed by atoms with Crippen molar-refractivity contribution in [2.45, 2.75) is 12.5 Å². The summed E-state index contributed by atoms with van der Waals surface area (Å²) in [6.45, 7) is 0. The van der Waals surface area contributed by atoms with E-state index in [0.29, 0.717) is 17.2 Å². The lowest BCUT2D eigenvalue weighted by atomic mass is 9.99. The van der Waals surface area contributed by atoms with Crippen LogP contribution in [0.3, 0.4) is 0 Å². The summed E-state index contributed by atoms with van der Waals surface area (Å²) in [7, 11) is 3.27. The summed E-state index contributed by atoms with van der Waals surface area (Å²) in [4.78, 5) is 0. The van der Waals surface area contributed by atoms with Crippen LogP contribution in [0.4, 0.5) is 0 Å². The van der Waals surface area contributed by atoms with Gasteiger partial charge in [0.05, 0.1) is 14.2 Å². The zero-order valence-electron chi connectivity index (χ0n) is 11.6. The van der Waals surface area contributed by atoms with Crippen LogP contribution in [0.5, 0.6) is 11.5 Å². The second-order valence-electron chi connectivity index (χ2n) is 4.55. The SMILES string of the molecule is COc1cccc(CC(N)c2ccc(Cl)cc2OC)c1. The van der Waals surface area contributed by atoms with Gasteiger partial charge in [0.1, 0.15) is 11.5 Å². The fraction of sp³-hybridized carbons (Fsp3) is 0.250. The summed E-state index contributed by atoms with van der Waals surface area (Å²) < 4.78 is 10.6. The number of methoxy groups -OCH3 is 2. The van der Waals surface area contributed by atoms with Crippen LogP contribution in [0.15, 0.2) is 42.5 Å². The fourth-order valence-corrected chi connectivity index (χ4v) is 2.32. The van der Waals surface area contributed by atoms with Crippen molar-refractivity contribution in [3.8, 4) is 11.5 Å². The van der Waals surface area contributed by atoms with Gasteiger partial charge in [-0.2, -0.15) is 0 Å². The second kappa shape index (κ2) is 6.64. The normalized spacial score (nSPS) is 12.0. The van der Waals surface area contributed by atoms with Crippen molar-refractivity contribution in [3.63, 3.8) is 0 Å². The predicted molar refractivity (Wildman–Crippen MR) is 81.6 cm³/mol. The molecule has 0 radical (unpaired) electrons. The quantitative estimate of drug-likeness (QED) is 0.915. The summed E-state index contributed by atoms with van der Waals surface area (Å²) in [6, 6.07) is 13.2. The van der Waals surface area contributed by atoms with Crippen LogP contribution in [0.1, 0.15) is 17.2 Å². The van der Waals surface area contributed by atoms with E-state index in [9.17, 15) is 0 Å². The topological polar surface area (TPSA) is 44.5 Å². The molecule has 0 heterocycles. The summed E-state index contributed by atoms with van der Waals surface area (Å²) in [5.41, 5.74) is 8.34. The van der Waals surface area contributed by atoms with Gasteiger partial charge in [-0.1, -0.05) is 29.8 Å². The van der Waals surface area contributed by atoms with Crippen LogP contribution in [-0.2, 0) is 6.42 Å².